The molecule has 0 bridgehead atoms. The first-order chi connectivity index (χ1) is 14.4. The number of hydrogen-bond donors (Lipinski definition) is 1. The fraction of sp³-hybridized carbons (Fsp3) is 0.538. The van der Waals surface area contributed by atoms with E-state index in [-0.39, 0.29) is 12.5 Å². The summed E-state index contributed by atoms with van der Waals surface area (Å²) in [6.07, 6.45) is 3.86. The van der Waals surface area contributed by atoms with Crippen LogP contribution < -0.4 is 4.74 Å². The van der Waals surface area contributed by atoms with Crippen LogP contribution in [0.25, 0.3) is 16.8 Å². The van der Waals surface area contributed by atoms with Gasteiger partial charge in [0.15, 0.2) is 0 Å². The lowest BCUT2D eigenvalue weighted by Gasteiger charge is -2.21. The van der Waals surface area contributed by atoms with E-state index in [1.54, 1.807) is 7.11 Å². The molecule has 0 radical (unpaired) electrons. The lowest BCUT2D eigenvalue weighted by atomic mass is 9.88. The zero-order valence-electron chi connectivity index (χ0n) is 20.3. The van der Waals surface area contributed by atoms with Crippen LogP contribution >= 0.6 is 0 Å². The van der Waals surface area contributed by atoms with Crippen LogP contribution in [0.2, 0.25) is 0 Å². The largest absolute Gasteiger partial charge is 0.480 e. The molecule has 0 saturated heterocycles. The maximum absolute atomic E-state index is 9.79. The molecule has 166 valence electrons. The number of aliphatic hydroxyl groups is 1. The first-order valence-electron chi connectivity index (χ1n) is 11.2. The molecule has 0 fully saturated rings. The smallest absolute Gasteiger partial charge is 0.222 e. The molecule has 30 heavy (non-hydrogen) atoms. The standard InChI is InChI=1S/C24H34N2O2.C2H6/c1-8-17-13-21(19(10-3)18(9-2)14-27)16(6)25-23(17)20-11-12-22(15(4)5)26-24(20)28-7;1-2/h10-13,15,18,27H,8-9,14H2,1-7H3;1-2H3/b19-10-;/t18-;/m0./s1. The molecule has 2 rings (SSSR count). The summed E-state index contributed by atoms with van der Waals surface area (Å²) in [5.41, 5.74) is 7.26. The molecule has 4 nitrogen and oxygen atoms in total. The summed E-state index contributed by atoms with van der Waals surface area (Å²) in [6.45, 7) is 16.7. The molecule has 0 spiro atoms. The van der Waals surface area contributed by atoms with Gasteiger partial charge in [-0.1, -0.05) is 47.6 Å². The molecule has 0 aliphatic rings. The van der Waals surface area contributed by atoms with E-state index >= 15 is 0 Å². The minimum atomic E-state index is 0.127. The van der Waals surface area contributed by atoms with E-state index in [1.807, 2.05) is 27.7 Å². The molecule has 2 aromatic rings. The van der Waals surface area contributed by atoms with Gasteiger partial charge in [0, 0.05) is 23.9 Å². The predicted molar refractivity (Wildman–Crippen MR) is 128 cm³/mol. The van der Waals surface area contributed by atoms with Gasteiger partial charge in [0.05, 0.1) is 18.4 Å². The minimum Gasteiger partial charge on any atom is -0.480 e. The van der Waals surface area contributed by atoms with Gasteiger partial charge >= 0.3 is 0 Å². The molecule has 0 amide bonds. The van der Waals surface area contributed by atoms with E-state index in [9.17, 15) is 5.11 Å². The molecule has 0 unspecified atom stereocenters. The molecule has 0 saturated carbocycles. The highest BCUT2D eigenvalue weighted by Gasteiger charge is 2.20. The summed E-state index contributed by atoms with van der Waals surface area (Å²) in [6, 6.07) is 6.35. The Hall–Kier alpha value is -2.20. The van der Waals surface area contributed by atoms with Crippen LogP contribution in [0.4, 0.5) is 0 Å². The van der Waals surface area contributed by atoms with Gasteiger partial charge in [0.25, 0.3) is 0 Å². The highest BCUT2D eigenvalue weighted by Crippen LogP contribution is 2.35. The Morgan fingerprint density at radius 1 is 1.17 bits per heavy atom. The Balaban J connectivity index is 0.00000218. The van der Waals surface area contributed by atoms with Crippen molar-refractivity contribution in [3.05, 3.63) is 46.8 Å². The fourth-order valence-electron chi connectivity index (χ4n) is 3.61. The third-order valence-electron chi connectivity index (χ3n) is 5.37. The second-order valence-electron chi connectivity index (χ2n) is 7.46. The number of allylic oxidation sites excluding steroid dienone is 1. The number of aromatic nitrogens is 2. The maximum Gasteiger partial charge on any atom is 0.222 e. The second kappa shape index (κ2) is 12.5. The van der Waals surface area contributed by atoms with Crippen molar-refractivity contribution in [1.29, 1.82) is 0 Å². The van der Waals surface area contributed by atoms with Crippen LogP contribution in [-0.4, -0.2) is 28.8 Å². The second-order valence-corrected chi connectivity index (χ2v) is 7.46. The average Bonchev–Trinajstić information content (AvgIpc) is 2.78. The average molecular weight is 413 g/mol. The van der Waals surface area contributed by atoms with Gasteiger partial charge in [-0.2, -0.15) is 0 Å². The molecular weight excluding hydrogens is 372 g/mol. The van der Waals surface area contributed by atoms with Crippen LogP contribution in [-0.2, 0) is 6.42 Å². The van der Waals surface area contributed by atoms with Gasteiger partial charge < -0.3 is 9.84 Å². The van der Waals surface area contributed by atoms with Gasteiger partial charge in [-0.15, -0.1) is 0 Å². The summed E-state index contributed by atoms with van der Waals surface area (Å²) in [7, 11) is 1.66. The summed E-state index contributed by atoms with van der Waals surface area (Å²) >= 11 is 0. The molecular formula is C26H40N2O2. The molecule has 0 aliphatic heterocycles. The lowest BCUT2D eigenvalue weighted by Crippen LogP contribution is -2.10. The van der Waals surface area contributed by atoms with Crippen molar-refractivity contribution in [1.82, 2.24) is 9.97 Å². The number of hydrogen-bond acceptors (Lipinski definition) is 4. The summed E-state index contributed by atoms with van der Waals surface area (Å²) < 4.78 is 5.61. The van der Waals surface area contributed by atoms with Gasteiger partial charge in [-0.25, -0.2) is 4.98 Å². The number of rotatable bonds is 8. The SMILES string of the molecule is C/C=C(\c1cc(CC)c(-c2ccc(C(C)C)nc2OC)nc1C)[C@@H](CC)CO.CC. The van der Waals surface area contributed by atoms with E-state index in [2.05, 4.69) is 52.0 Å². The van der Waals surface area contributed by atoms with Crippen molar-refractivity contribution in [2.75, 3.05) is 13.7 Å². The van der Waals surface area contributed by atoms with Gasteiger partial charge in [-0.05, 0) is 67.5 Å². The van der Waals surface area contributed by atoms with Gasteiger partial charge in [0.1, 0.15) is 0 Å². The van der Waals surface area contributed by atoms with E-state index < -0.39 is 0 Å². The topological polar surface area (TPSA) is 55.2 Å². The van der Waals surface area contributed by atoms with E-state index in [1.165, 1.54) is 0 Å². The van der Waals surface area contributed by atoms with Crippen molar-refractivity contribution in [3.8, 4) is 17.1 Å². The lowest BCUT2D eigenvalue weighted by molar-refractivity contribution is 0.254. The number of pyridine rings is 2. The van der Waals surface area contributed by atoms with Crippen molar-refractivity contribution in [2.45, 2.75) is 74.1 Å². The van der Waals surface area contributed by atoms with E-state index in [0.29, 0.717) is 11.8 Å². The first-order valence-corrected chi connectivity index (χ1v) is 11.2. The maximum atomic E-state index is 9.79. The number of aliphatic hydroxyl groups excluding tert-OH is 1. The van der Waals surface area contributed by atoms with Gasteiger partial charge in [-0.3, -0.25) is 4.98 Å². The summed E-state index contributed by atoms with van der Waals surface area (Å²) in [5.74, 6) is 1.09. The molecule has 2 heterocycles. The number of methoxy groups -OCH3 is 1. The van der Waals surface area contributed by atoms with Crippen molar-refractivity contribution in [3.63, 3.8) is 0 Å². The third-order valence-corrected chi connectivity index (χ3v) is 5.37. The Morgan fingerprint density at radius 2 is 1.83 bits per heavy atom. The molecule has 2 aromatic heterocycles. The monoisotopic (exact) mass is 412 g/mol. The van der Waals surface area contributed by atoms with E-state index in [0.717, 1.165) is 52.2 Å². The number of nitrogens with zero attached hydrogens (tertiary/aromatic N) is 2. The van der Waals surface area contributed by atoms with Crippen molar-refractivity contribution in [2.24, 2.45) is 5.92 Å². The minimum absolute atomic E-state index is 0.127. The normalized spacial score (nSPS) is 12.4. The van der Waals surface area contributed by atoms with Crippen molar-refractivity contribution >= 4 is 5.57 Å². The number of aryl methyl sites for hydroxylation is 2. The highest BCUT2D eigenvalue weighted by molar-refractivity contribution is 5.75. The Labute approximate surface area is 183 Å². The van der Waals surface area contributed by atoms with Crippen LogP contribution in [0.5, 0.6) is 5.88 Å². The van der Waals surface area contributed by atoms with Crippen LogP contribution in [0.15, 0.2) is 24.3 Å². The van der Waals surface area contributed by atoms with Gasteiger partial charge in [0.2, 0.25) is 5.88 Å². The highest BCUT2D eigenvalue weighted by atomic mass is 16.5. The zero-order valence-corrected chi connectivity index (χ0v) is 20.3. The van der Waals surface area contributed by atoms with E-state index in [4.69, 9.17) is 14.7 Å². The predicted octanol–water partition coefficient (Wildman–Crippen LogP) is 6.59. The van der Waals surface area contributed by atoms with Crippen LogP contribution in [0, 0.1) is 12.8 Å². The third kappa shape index (κ3) is 5.69. The van der Waals surface area contributed by atoms with Crippen LogP contribution in [0.1, 0.15) is 83.3 Å². The summed E-state index contributed by atoms with van der Waals surface area (Å²) in [5, 5.41) is 9.79. The Morgan fingerprint density at radius 3 is 2.30 bits per heavy atom. The molecule has 1 N–H and O–H groups in total. The Kier molecular flexibility index (Phi) is 10.8. The number of ether oxygens (including phenoxy) is 1. The molecule has 1 atom stereocenters. The van der Waals surface area contributed by atoms with Crippen LogP contribution in [0.3, 0.4) is 0 Å². The molecule has 0 aromatic carbocycles. The fourth-order valence-corrected chi connectivity index (χ4v) is 3.61. The molecule has 4 heteroatoms. The zero-order chi connectivity index (χ0) is 22.8. The quantitative estimate of drug-likeness (QED) is 0.531. The summed E-state index contributed by atoms with van der Waals surface area (Å²) in [4.78, 5) is 9.67. The molecule has 0 aliphatic carbocycles. The Bertz CT molecular complexity index is 837. The van der Waals surface area contributed by atoms with Crippen molar-refractivity contribution < 1.29 is 9.84 Å². The first kappa shape index (κ1) is 25.8.